The SMILES string of the molecule is CC(C)(C)OC(=O)N1CCC(c2ccc(Nc3nc(N4CCCC4)cnc3C#N)cc2)CC1. The monoisotopic (exact) mass is 448 g/mol. The van der Waals surface area contributed by atoms with Gasteiger partial charge >= 0.3 is 6.09 Å². The molecule has 33 heavy (non-hydrogen) atoms. The summed E-state index contributed by atoms with van der Waals surface area (Å²) >= 11 is 0. The fourth-order valence-electron chi connectivity index (χ4n) is 4.34. The van der Waals surface area contributed by atoms with Gasteiger partial charge in [-0.25, -0.2) is 14.8 Å². The number of hydrogen-bond donors (Lipinski definition) is 1. The van der Waals surface area contributed by atoms with Crippen LogP contribution in [0.4, 0.5) is 22.1 Å². The van der Waals surface area contributed by atoms with Crippen LogP contribution in [0, 0.1) is 11.3 Å². The number of carbonyl (C=O) groups is 1. The predicted molar refractivity (Wildman–Crippen MR) is 128 cm³/mol. The van der Waals surface area contributed by atoms with E-state index in [0.29, 0.717) is 24.8 Å². The molecule has 174 valence electrons. The summed E-state index contributed by atoms with van der Waals surface area (Å²) in [5, 5.41) is 12.7. The van der Waals surface area contributed by atoms with Crippen molar-refractivity contribution in [3.63, 3.8) is 0 Å². The van der Waals surface area contributed by atoms with E-state index < -0.39 is 5.60 Å². The van der Waals surface area contributed by atoms with Crippen LogP contribution in [0.3, 0.4) is 0 Å². The van der Waals surface area contributed by atoms with E-state index in [4.69, 9.17) is 4.74 Å². The molecule has 2 aromatic rings. The van der Waals surface area contributed by atoms with E-state index in [9.17, 15) is 10.1 Å². The smallest absolute Gasteiger partial charge is 0.410 e. The molecule has 4 rings (SSSR count). The van der Waals surface area contributed by atoms with Crippen LogP contribution in [0.15, 0.2) is 30.5 Å². The summed E-state index contributed by atoms with van der Waals surface area (Å²) in [5.74, 6) is 1.70. The van der Waals surface area contributed by atoms with Crippen molar-refractivity contribution in [2.24, 2.45) is 0 Å². The Morgan fingerprint density at radius 3 is 2.39 bits per heavy atom. The van der Waals surface area contributed by atoms with Gasteiger partial charge in [-0.05, 0) is 70.1 Å². The standard InChI is InChI=1S/C25H32N6O2/c1-25(2,3)33-24(32)31-14-10-19(11-15-31)18-6-8-20(9-7-18)28-23-21(16-26)27-17-22(29-23)30-12-4-5-13-30/h6-9,17,19H,4-5,10-15H2,1-3H3,(H,28,29). The molecule has 8 nitrogen and oxygen atoms in total. The van der Waals surface area contributed by atoms with E-state index in [1.54, 1.807) is 11.1 Å². The zero-order valence-electron chi connectivity index (χ0n) is 19.7. The summed E-state index contributed by atoms with van der Waals surface area (Å²) in [6, 6.07) is 10.4. The molecule has 0 radical (unpaired) electrons. The summed E-state index contributed by atoms with van der Waals surface area (Å²) in [6.45, 7) is 9.01. The van der Waals surface area contributed by atoms with Crippen molar-refractivity contribution in [2.45, 2.75) is 58.0 Å². The lowest BCUT2D eigenvalue weighted by molar-refractivity contribution is 0.0205. The summed E-state index contributed by atoms with van der Waals surface area (Å²) in [5.41, 5.74) is 1.94. The topological polar surface area (TPSA) is 94.4 Å². The summed E-state index contributed by atoms with van der Waals surface area (Å²) in [4.78, 5) is 25.3. The average Bonchev–Trinajstić information content (AvgIpc) is 3.34. The van der Waals surface area contributed by atoms with Gasteiger partial charge < -0.3 is 19.9 Å². The molecule has 2 aliphatic heterocycles. The number of ether oxygens (including phenoxy) is 1. The number of carbonyl (C=O) groups excluding carboxylic acids is 1. The van der Waals surface area contributed by atoms with Crippen molar-refractivity contribution in [1.29, 1.82) is 5.26 Å². The lowest BCUT2D eigenvalue weighted by Gasteiger charge is -2.33. The molecule has 1 aromatic carbocycles. The van der Waals surface area contributed by atoms with Gasteiger partial charge in [0.25, 0.3) is 0 Å². The number of hydrogen-bond acceptors (Lipinski definition) is 7. The van der Waals surface area contributed by atoms with Crippen molar-refractivity contribution in [3.8, 4) is 6.07 Å². The normalized spacial score (nSPS) is 17.0. The number of nitrogens with zero attached hydrogens (tertiary/aromatic N) is 5. The first kappa shape index (κ1) is 22.8. The van der Waals surface area contributed by atoms with E-state index >= 15 is 0 Å². The van der Waals surface area contributed by atoms with Crippen molar-refractivity contribution in [2.75, 3.05) is 36.4 Å². The molecule has 2 fully saturated rings. The van der Waals surface area contributed by atoms with Gasteiger partial charge in [0, 0.05) is 31.9 Å². The number of piperidine rings is 1. The van der Waals surface area contributed by atoms with E-state index in [1.165, 1.54) is 5.56 Å². The van der Waals surface area contributed by atoms with E-state index in [1.807, 2.05) is 32.9 Å². The van der Waals surface area contributed by atoms with Crippen molar-refractivity contribution in [3.05, 3.63) is 41.7 Å². The maximum absolute atomic E-state index is 12.3. The van der Waals surface area contributed by atoms with Crippen LogP contribution in [0.1, 0.15) is 63.6 Å². The highest BCUT2D eigenvalue weighted by Crippen LogP contribution is 2.30. The first-order valence-electron chi connectivity index (χ1n) is 11.7. The summed E-state index contributed by atoms with van der Waals surface area (Å²) in [7, 11) is 0. The van der Waals surface area contributed by atoms with Gasteiger partial charge in [-0.2, -0.15) is 5.26 Å². The first-order valence-corrected chi connectivity index (χ1v) is 11.7. The fraction of sp³-hybridized carbons (Fsp3) is 0.520. The third kappa shape index (κ3) is 5.72. The van der Waals surface area contributed by atoms with Gasteiger partial charge in [0.05, 0.1) is 6.20 Å². The minimum atomic E-state index is -0.472. The maximum atomic E-state index is 12.3. The summed E-state index contributed by atoms with van der Waals surface area (Å²) < 4.78 is 5.49. The highest BCUT2D eigenvalue weighted by molar-refractivity contribution is 5.68. The maximum Gasteiger partial charge on any atom is 0.410 e. The molecule has 0 spiro atoms. The van der Waals surface area contributed by atoms with Crippen molar-refractivity contribution < 1.29 is 9.53 Å². The molecule has 0 unspecified atom stereocenters. The number of benzene rings is 1. The van der Waals surface area contributed by atoms with Gasteiger partial charge in [0.15, 0.2) is 11.5 Å². The Kier molecular flexibility index (Phi) is 6.68. The van der Waals surface area contributed by atoms with Crippen LogP contribution in [0.25, 0.3) is 0 Å². The molecule has 0 atom stereocenters. The van der Waals surface area contributed by atoms with Crippen LogP contribution in [-0.4, -0.2) is 52.7 Å². The average molecular weight is 449 g/mol. The van der Waals surface area contributed by atoms with Crippen LogP contribution in [-0.2, 0) is 4.74 Å². The van der Waals surface area contributed by atoms with Gasteiger partial charge in [-0.1, -0.05) is 12.1 Å². The number of rotatable bonds is 4. The number of likely N-dealkylation sites (tertiary alicyclic amines) is 1. The van der Waals surface area contributed by atoms with Gasteiger partial charge in [-0.3, -0.25) is 0 Å². The zero-order valence-corrected chi connectivity index (χ0v) is 19.7. The molecule has 3 heterocycles. The largest absolute Gasteiger partial charge is 0.444 e. The molecule has 8 heteroatoms. The Balaban J connectivity index is 1.38. The first-order chi connectivity index (χ1) is 15.8. The number of amides is 1. The Labute approximate surface area is 195 Å². The molecule has 1 amide bonds. The molecule has 1 aromatic heterocycles. The molecule has 0 saturated carbocycles. The molecule has 0 bridgehead atoms. The Morgan fingerprint density at radius 2 is 1.79 bits per heavy atom. The van der Waals surface area contributed by atoms with E-state index in [-0.39, 0.29) is 11.8 Å². The fourth-order valence-corrected chi connectivity index (χ4v) is 4.34. The predicted octanol–water partition coefficient (Wildman–Crippen LogP) is 4.81. The zero-order chi connectivity index (χ0) is 23.4. The Bertz CT molecular complexity index is 1010. The second-order valence-corrected chi connectivity index (χ2v) is 9.72. The number of nitrogens with one attached hydrogen (secondary N) is 1. The lowest BCUT2D eigenvalue weighted by Crippen LogP contribution is -2.41. The highest BCUT2D eigenvalue weighted by atomic mass is 16.6. The number of nitriles is 1. The Hall–Kier alpha value is -3.34. The number of aromatic nitrogens is 2. The van der Waals surface area contributed by atoms with Gasteiger partial charge in [-0.15, -0.1) is 0 Å². The van der Waals surface area contributed by atoms with Crippen LogP contribution in [0.5, 0.6) is 0 Å². The second-order valence-electron chi connectivity index (χ2n) is 9.72. The van der Waals surface area contributed by atoms with Crippen LogP contribution in [0.2, 0.25) is 0 Å². The van der Waals surface area contributed by atoms with Crippen molar-refractivity contribution >= 4 is 23.4 Å². The molecular weight excluding hydrogens is 416 g/mol. The van der Waals surface area contributed by atoms with Gasteiger partial charge in [0.1, 0.15) is 17.5 Å². The van der Waals surface area contributed by atoms with Crippen LogP contribution < -0.4 is 10.2 Å². The quantitative estimate of drug-likeness (QED) is 0.717. The minimum Gasteiger partial charge on any atom is -0.444 e. The van der Waals surface area contributed by atoms with E-state index in [2.05, 4.69) is 38.4 Å². The van der Waals surface area contributed by atoms with Gasteiger partial charge in [0.2, 0.25) is 0 Å². The number of anilines is 3. The van der Waals surface area contributed by atoms with Crippen LogP contribution >= 0.6 is 0 Å². The lowest BCUT2D eigenvalue weighted by atomic mass is 9.89. The minimum absolute atomic E-state index is 0.230. The second kappa shape index (κ2) is 9.65. The molecule has 0 aliphatic carbocycles. The van der Waals surface area contributed by atoms with Crippen molar-refractivity contribution in [1.82, 2.24) is 14.9 Å². The highest BCUT2D eigenvalue weighted by Gasteiger charge is 2.27. The molecular formula is C25H32N6O2. The van der Waals surface area contributed by atoms with E-state index in [0.717, 1.165) is 50.3 Å². The molecule has 2 aliphatic rings. The Morgan fingerprint density at radius 1 is 1.12 bits per heavy atom. The molecule has 2 saturated heterocycles. The third-order valence-electron chi connectivity index (χ3n) is 6.09. The molecule has 1 N–H and O–H groups in total. The third-order valence-corrected chi connectivity index (χ3v) is 6.09. The summed E-state index contributed by atoms with van der Waals surface area (Å²) in [6.07, 6.45) is 5.58.